The Balaban J connectivity index is 2.54. The van der Waals surface area contributed by atoms with Gasteiger partial charge in [-0.3, -0.25) is 0 Å². The summed E-state index contributed by atoms with van der Waals surface area (Å²) < 4.78 is 23.1. The lowest BCUT2D eigenvalue weighted by Gasteiger charge is -2.21. The third-order valence-electron chi connectivity index (χ3n) is 2.21. The summed E-state index contributed by atoms with van der Waals surface area (Å²) in [5.74, 6) is 0.345. The average Bonchev–Trinajstić information content (AvgIpc) is 2.06. The zero-order chi connectivity index (χ0) is 9.03. The second kappa shape index (κ2) is 4.23. The maximum absolute atomic E-state index is 11.5. The zero-order valence-corrected chi connectivity index (χ0v) is 8.31. The average molecular weight is 190 g/mol. The molecule has 12 heavy (non-hydrogen) atoms. The highest BCUT2D eigenvalue weighted by molar-refractivity contribution is 7.92. The first-order valence-corrected chi connectivity index (χ1v) is 6.23. The highest BCUT2D eigenvalue weighted by Crippen LogP contribution is 2.15. The Labute approximate surface area is 74.5 Å². The Bertz CT molecular complexity index is 217. The smallest absolute Gasteiger partial charge is 0.153 e. The number of rotatable bonds is 3. The Hall–Kier alpha value is -0.0900. The van der Waals surface area contributed by atoms with Crippen molar-refractivity contribution in [2.24, 2.45) is 0 Å². The van der Waals surface area contributed by atoms with Crippen LogP contribution < -0.4 is 5.32 Å². The van der Waals surface area contributed by atoms with Gasteiger partial charge in [0.2, 0.25) is 0 Å². The quantitative estimate of drug-likeness (QED) is 0.653. The van der Waals surface area contributed by atoms with Gasteiger partial charge < -0.3 is 0 Å². The molecule has 1 heterocycles. The largest absolute Gasteiger partial charge is 0.242 e. The predicted octanol–water partition coefficient (Wildman–Crippen LogP) is 0.578. The molecule has 4 heteroatoms. The fraction of sp³-hybridized carbons (Fsp3) is 1.00. The van der Waals surface area contributed by atoms with Crippen LogP contribution in [0.4, 0.5) is 0 Å². The lowest BCUT2D eigenvalue weighted by molar-refractivity contribution is 0.490. The number of piperidine rings is 1. The van der Waals surface area contributed by atoms with Crippen LogP contribution >= 0.6 is 0 Å². The fourth-order valence-electron chi connectivity index (χ4n) is 1.54. The van der Waals surface area contributed by atoms with E-state index in [2.05, 4.69) is 5.32 Å². The van der Waals surface area contributed by atoms with Gasteiger partial charge in [0.05, 0.1) is 11.0 Å². The summed E-state index contributed by atoms with van der Waals surface area (Å²) in [5.41, 5.74) is 0. The molecule has 0 amide bonds. The summed E-state index contributed by atoms with van der Waals surface area (Å²) >= 11 is 0. The lowest BCUT2D eigenvalue weighted by atomic mass is 10.2. The van der Waals surface area contributed by atoms with E-state index in [1.54, 1.807) is 0 Å². The molecule has 1 fully saturated rings. The predicted molar refractivity (Wildman–Crippen MR) is 49.0 cm³/mol. The standard InChI is InChI=1S/C8H16NO2S/c1-2-7-12(10,11)8-3-5-9-6-4-8/h8H,2-7H2,1H3. The Kier molecular flexibility index (Phi) is 3.53. The van der Waals surface area contributed by atoms with Gasteiger partial charge in [0, 0.05) is 13.1 Å². The minimum absolute atomic E-state index is 0.102. The van der Waals surface area contributed by atoms with Gasteiger partial charge in [-0.05, 0) is 19.3 Å². The SMILES string of the molecule is CCCS(=O)(=O)C1CC[N]CC1. The highest BCUT2D eigenvalue weighted by atomic mass is 32.2. The van der Waals surface area contributed by atoms with Crippen molar-refractivity contribution >= 4 is 9.84 Å². The van der Waals surface area contributed by atoms with Gasteiger partial charge in [-0.2, -0.15) is 0 Å². The normalized spacial score (nSPS) is 21.1. The van der Waals surface area contributed by atoms with Crippen LogP contribution in [0.5, 0.6) is 0 Å². The first kappa shape index (κ1) is 9.99. The van der Waals surface area contributed by atoms with Crippen LogP contribution in [-0.2, 0) is 9.84 Å². The van der Waals surface area contributed by atoms with Crippen molar-refractivity contribution in [3.63, 3.8) is 0 Å². The lowest BCUT2D eigenvalue weighted by Crippen LogP contribution is -2.33. The van der Waals surface area contributed by atoms with E-state index in [-0.39, 0.29) is 5.25 Å². The molecule has 3 nitrogen and oxygen atoms in total. The Morgan fingerprint density at radius 2 is 1.92 bits per heavy atom. The summed E-state index contributed by atoms with van der Waals surface area (Å²) in [4.78, 5) is 0. The summed E-state index contributed by atoms with van der Waals surface area (Å²) in [7, 11) is -2.79. The molecule has 0 aromatic rings. The topological polar surface area (TPSA) is 48.2 Å². The van der Waals surface area contributed by atoms with E-state index in [0.717, 1.165) is 32.4 Å². The molecular weight excluding hydrogens is 174 g/mol. The molecule has 1 rings (SSSR count). The van der Waals surface area contributed by atoms with Crippen molar-refractivity contribution in [1.82, 2.24) is 5.32 Å². The monoisotopic (exact) mass is 190 g/mol. The zero-order valence-electron chi connectivity index (χ0n) is 7.49. The van der Waals surface area contributed by atoms with E-state index in [9.17, 15) is 8.42 Å². The van der Waals surface area contributed by atoms with Crippen molar-refractivity contribution in [2.45, 2.75) is 31.4 Å². The summed E-state index contributed by atoms with van der Waals surface area (Å²) in [6, 6.07) is 0. The van der Waals surface area contributed by atoms with E-state index in [1.165, 1.54) is 0 Å². The van der Waals surface area contributed by atoms with E-state index < -0.39 is 9.84 Å². The van der Waals surface area contributed by atoms with Crippen LogP contribution in [0.1, 0.15) is 26.2 Å². The number of nitrogens with zero attached hydrogens (tertiary/aromatic N) is 1. The number of hydrogen-bond acceptors (Lipinski definition) is 2. The summed E-state index contributed by atoms with van der Waals surface area (Å²) in [6.45, 7) is 3.37. The molecule has 0 aromatic carbocycles. The molecular formula is C8H16NO2S. The summed E-state index contributed by atoms with van der Waals surface area (Å²) in [6.07, 6.45) is 2.21. The maximum Gasteiger partial charge on any atom is 0.153 e. The van der Waals surface area contributed by atoms with Gasteiger partial charge >= 0.3 is 0 Å². The van der Waals surface area contributed by atoms with Crippen LogP contribution in [0.3, 0.4) is 0 Å². The highest BCUT2D eigenvalue weighted by Gasteiger charge is 2.26. The van der Waals surface area contributed by atoms with Crippen LogP contribution in [0, 0.1) is 0 Å². The van der Waals surface area contributed by atoms with Gasteiger partial charge in [-0.25, -0.2) is 13.7 Å². The molecule has 71 valence electrons. The first-order chi connectivity index (χ1) is 5.67. The molecule has 0 saturated carbocycles. The molecule has 0 unspecified atom stereocenters. The van der Waals surface area contributed by atoms with Crippen molar-refractivity contribution in [2.75, 3.05) is 18.8 Å². The molecule has 0 aromatic heterocycles. The van der Waals surface area contributed by atoms with Crippen LogP contribution in [-0.4, -0.2) is 32.5 Å². The molecule has 1 radical (unpaired) electrons. The third-order valence-corrected chi connectivity index (χ3v) is 4.68. The van der Waals surface area contributed by atoms with E-state index in [0.29, 0.717) is 5.75 Å². The molecule has 0 aliphatic carbocycles. The second-order valence-electron chi connectivity index (χ2n) is 3.24. The van der Waals surface area contributed by atoms with Gasteiger partial charge in [0.15, 0.2) is 9.84 Å². The van der Waals surface area contributed by atoms with Gasteiger partial charge in [0.1, 0.15) is 0 Å². The second-order valence-corrected chi connectivity index (χ2v) is 5.64. The molecule has 1 saturated heterocycles. The van der Waals surface area contributed by atoms with Crippen LogP contribution in [0.2, 0.25) is 0 Å². The Morgan fingerprint density at radius 1 is 1.33 bits per heavy atom. The van der Waals surface area contributed by atoms with E-state index in [4.69, 9.17) is 0 Å². The van der Waals surface area contributed by atoms with Crippen molar-refractivity contribution in [1.29, 1.82) is 0 Å². The van der Waals surface area contributed by atoms with E-state index in [1.807, 2.05) is 6.92 Å². The van der Waals surface area contributed by atoms with Crippen molar-refractivity contribution < 1.29 is 8.42 Å². The fourth-order valence-corrected chi connectivity index (χ4v) is 3.37. The number of sulfone groups is 1. The molecule has 0 atom stereocenters. The van der Waals surface area contributed by atoms with Crippen molar-refractivity contribution in [3.05, 3.63) is 0 Å². The van der Waals surface area contributed by atoms with Gasteiger partial charge in [0.25, 0.3) is 0 Å². The van der Waals surface area contributed by atoms with E-state index >= 15 is 0 Å². The maximum atomic E-state index is 11.5. The molecule has 0 spiro atoms. The third kappa shape index (κ3) is 2.45. The van der Waals surface area contributed by atoms with Crippen LogP contribution in [0.15, 0.2) is 0 Å². The Morgan fingerprint density at radius 3 is 2.42 bits per heavy atom. The van der Waals surface area contributed by atoms with Gasteiger partial charge in [-0.15, -0.1) is 0 Å². The first-order valence-electron chi connectivity index (χ1n) is 4.51. The minimum atomic E-state index is -2.79. The number of hydrogen-bond donors (Lipinski definition) is 0. The van der Waals surface area contributed by atoms with Crippen LogP contribution in [0.25, 0.3) is 0 Å². The molecule has 0 N–H and O–H groups in total. The summed E-state index contributed by atoms with van der Waals surface area (Å²) in [5, 5.41) is 4.03. The molecule has 0 bridgehead atoms. The minimum Gasteiger partial charge on any atom is -0.242 e. The van der Waals surface area contributed by atoms with Crippen molar-refractivity contribution in [3.8, 4) is 0 Å². The molecule has 1 aliphatic rings. The van der Waals surface area contributed by atoms with Gasteiger partial charge in [-0.1, -0.05) is 6.92 Å². The molecule has 1 aliphatic heterocycles.